The van der Waals surface area contributed by atoms with Gasteiger partial charge in [-0.2, -0.15) is 15.2 Å². The molecule has 0 bridgehead atoms. The smallest absolute Gasteiger partial charge is 0.320 e. The second-order valence-corrected chi connectivity index (χ2v) is 13.5. The van der Waals surface area contributed by atoms with Crippen molar-refractivity contribution in [1.29, 1.82) is 5.26 Å². The highest BCUT2D eigenvalue weighted by atomic mass is 35.5. The van der Waals surface area contributed by atoms with Crippen LogP contribution in [-0.4, -0.2) is 77.2 Å². The Morgan fingerprint density at radius 1 is 1.26 bits per heavy atom. The Kier molecular flexibility index (Phi) is 7.77. The average Bonchev–Trinajstić information content (AvgIpc) is 3.73. The van der Waals surface area contributed by atoms with E-state index in [9.17, 15) is 14.4 Å². The molecule has 7 rings (SSSR count). The summed E-state index contributed by atoms with van der Waals surface area (Å²) < 4.78 is 51.0. The standard InChI is InChI=1S/C32H31ClF2N6O4S/c1-14(20-5-4-9-40(20)3)44-32-38-27-24-28(43-13-21(45-31(24)39-32)16-8-10-41(12-16)15(2)42)25(33)23(26(27)35)17-6-7-19(34)29-22(17)18(11-36)30(37)46-29/h6-7,14,16,20-21H,4-5,8-10,12-13,37H2,1-3H3/t14-,16?,20-,21?/m0/s1. The number of thiophene rings is 1. The second-order valence-electron chi connectivity index (χ2n) is 12.1. The third-order valence-electron chi connectivity index (χ3n) is 9.39. The minimum absolute atomic E-state index is 0.0263. The van der Waals surface area contributed by atoms with Crippen molar-refractivity contribution < 1.29 is 27.8 Å². The van der Waals surface area contributed by atoms with Crippen molar-refractivity contribution in [3.05, 3.63) is 34.4 Å². The van der Waals surface area contributed by atoms with Crippen LogP contribution >= 0.6 is 22.9 Å². The van der Waals surface area contributed by atoms with Crippen LogP contribution in [-0.2, 0) is 4.79 Å². The van der Waals surface area contributed by atoms with Crippen LogP contribution in [0.5, 0.6) is 17.6 Å². The minimum Gasteiger partial charge on any atom is -0.487 e. The molecule has 5 heterocycles. The molecule has 2 saturated heterocycles. The average molecular weight is 669 g/mol. The highest BCUT2D eigenvalue weighted by molar-refractivity contribution is 7.23. The maximum absolute atomic E-state index is 17.0. The number of ether oxygens (including phenoxy) is 3. The van der Waals surface area contributed by atoms with Crippen molar-refractivity contribution in [3.63, 3.8) is 0 Å². The Morgan fingerprint density at radius 3 is 2.76 bits per heavy atom. The SMILES string of the molecule is CC(=O)N1CCC(C2COc3c(Cl)c(-c4ccc(F)c5sc(N)c(C#N)c45)c(F)c4nc(O[C@@H](C)[C@@H]5CCCN5C)nc(c34)O2)C1. The lowest BCUT2D eigenvalue weighted by molar-refractivity contribution is -0.128. The molecule has 46 heavy (non-hydrogen) atoms. The molecule has 3 aliphatic rings. The molecule has 3 aliphatic heterocycles. The van der Waals surface area contributed by atoms with E-state index >= 15 is 4.39 Å². The molecule has 2 aromatic carbocycles. The molecule has 2 fully saturated rings. The van der Waals surface area contributed by atoms with Gasteiger partial charge in [0.15, 0.2) is 11.6 Å². The summed E-state index contributed by atoms with van der Waals surface area (Å²) >= 11 is 7.88. The summed E-state index contributed by atoms with van der Waals surface area (Å²) in [4.78, 5) is 25.2. The summed E-state index contributed by atoms with van der Waals surface area (Å²) in [6.45, 7) is 5.48. The molecule has 2 N–H and O–H groups in total. The zero-order valence-electron chi connectivity index (χ0n) is 25.4. The summed E-state index contributed by atoms with van der Waals surface area (Å²) in [6, 6.07) is 4.63. The van der Waals surface area contributed by atoms with E-state index in [1.54, 1.807) is 4.90 Å². The van der Waals surface area contributed by atoms with Crippen LogP contribution in [0.1, 0.15) is 38.7 Å². The van der Waals surface area contributed by atoms with Gasteiger partial charge in [-0.3, -0.25) is 9.69 Å². The first-order valence-electron chi connectivity index (χ1n) is 15.1. The van der Waals surface area contributed by atoms with Gasteiger partial charge in [0.05, 0.1) is 15.3 Å². The van der Waals surface area contributed by atoms with Gasteiger partial charge in [-0.25, -0.2) is 8.78 Å². The van der Waals surface area contributed by atoms with Crippen LogP contribution in [0.15, 0.2) is 12.1 Å². The molecule has 1 amide bonds. The van der Waals surface area contributed by atoms with Crippen LogP contribution < -0.4 is 19.9 Å². The Hall–Kier alpha value is -3.99. The van der Waals surface area contributed by atoms with Gasteiger partial charge in [0.2, 0.25) is 11.8 Å². The van der Waals surface area contributed by atoms with Crippen LogP contribution in [0, 0.1) is 28.9 Å². The molecule has 10 nitrogen and oxygen atoms in total. The van der Waals surface area contributed by atoms with E-state index in [0.29, 0.717) is 19.5 Å². The quantitative estimate of drug-likeness (QED) is 0.282. The van der Waals surface area contributed by atoms with Gasteiger partial charge in [-0.05, 0) is 51.4 Å². The molecule has 4 aromatic rings. The van der Waals surface area contributed by atoms with Gasteiger partial charge in [0, 0.05) is 42.9 Å². The van der Waals surface area contributed by atoms with Crippen LogP contribution in [0.4, 0.5) is 13.8 Å². The van der Waals surface area contributed by atoms with Crippen molar-refractivity contribution in [1.82, 2.24) is 19.8 Å². The first-order valence-corrected chi connectivity index (χ1v) is 16.3. The first-order chi connectivity index (χ1) is 22.1. The highest BCUT2D eigenvalue weighted by Crippen LogP contribution is 2.51. The van der Waals surface area contributed by atoms with Gasteiger partial charge in [-0.1, -0.05) is 17.7 Å². The molecule has 4 atom stereocenters. The minimum atomic E-state index is -0.835. The molecule has 0 saturated carbocycles. The van der Waals surface area contributed by atoms with Gasteiger partial charge >= 0.3 is 6.01 Å². The van der Waals surface area contributed by atoms with E-state index in [4.69, 9.17) is 31.5 Å². The van der Waals surface area contributed by atoms with E-state index < -0.39 is 17.7 Å². The normalized spacial score (nSPS) is 22.0. The molecule has 0 spiro atoms. The summed E-state index contributed by atoms with van der Waals surface area (Å²) in [5.74, 6) is -1.38. The predicted molar refractivity (Wildman–Crippen MR) is 170 cm³/mol. The lowest BCUT2D eigenvalue weighted by atomic mass is 9.96. The van der Waals surface area contributed by atoms with Crippen LogP contribution in [0.2, 0.25) is 5.02 Å². The molecule has 2 unspecified atom stereocenters. The Balaban J connectivity index is 1.41. The number of amides is 1. The lowest BCUT2D eigenvalue weighted by Gasteiger charge is -2.26. The molecule has 0 radical (unpaired) electrons. The number of hydrogen-bond donors (Lipinski definition) is 1. The van der Waals surface area contributed by atoms with Crippen molar-refractivity contribution >= 4 is 54.8 Å². The van der Waals surface area contributed by atoms with Crippen LogP contribution in [0.3, 0.4) is 0 Å². The largest absolute Gasteiger partial charge is 0.487 e. The Morgan fingerprint density at radius 2 is 2.07 bits per heavy atom. The number of nitrogens with zero attached hydrogens (tertiary/aromatic N) is 5. The summed E-state index contributed by atoms with van der Waals surface area (Å²) in [5.41, 5.74) is 6.00. The molecular formula is C32H31ClF2N6O4S. The third kappa shape index (κ3) is 4.94. The predicted octanol–water partition coefficient (Wildman–Crippen LogP) is 5.77. The summed E-state index contributed by atoms with van der Waals surface area (Å²) in [7, 11) is 2.03. The number of carbonyl (C=O) groups is 1. The maximum atomic E-state index is 17.0. The monoisotopic (exact) mass is 668 g/mol. The molecule has 240 valence electrons. The number of likely N-dealkylation sites (N-methyl/N-ethyl adjacent to an activating group) is 1. The number of aromatic nitrogens is 2. The zero-order chi connectivity index (χ0) is 32.4. The Bertz CT molecular complexity index is 1950. The molecular weight excluding hydrogens is 638 g/mol. The van der Waals surface area contributed by atoms with Crippen molar-refractivity contribution in [2.24, 2.45) is 5.92 Å². The number of hydrogen-bond acceptors (Lipinski definition) is 10. The second kappa shape index (κ2) is 11.7. The number of rotatable bonds is 5. The molecule has 0 aliphatic carbocycles. The van der Waals surface area contributed by atoms with Crippen LogP contribution in [0.25, 0.3) is 32.1 Å². The highest BCUT2D eigenvalue weighted by Gasteiger charge is 2.38. The number of nitrogen functional groups attached to an aromatic ring is 1. The molecule has 14 heteroatoms. The van der Waals surface area contributed by atoms with Gasteiger partial charge < -0.3 is 24.8 Å². The van der Waals surface area contributed by atoms with E-state index in [1.165, 1.54) is 19.1 Å². The zero-order valence-corrected chi connectivity index (χ0v) is 27.0. The van der Waals surface area contributed by atoms with E-state index in [2.05, 4.69) is 14.9 Å². The molecule has 2 aromatic heterocycles. The van der Waals surface area contributed by atoms with Crippen molar-refractivity contribution in [3.8, 4) is 34.8 Å². The fourth-order valence-electron chi connectivity index (χ4n) is 6.97. The van der Waals surface area contributed by atoms with Crippen molar-refractivity contribution in [2.75, 3.05) is 39.0 Å². The van der Waals surface area contributed by atoms with Gasteiger partial charge in [0.1, 0.15) is 46.6 Å². The number of fused-ring (bicyclic) bond motifs is 1. The van der Waals surface area contributed by atoms with E-state index in [-0.39, 0.29) is 95.9 Å². The van der Waals surface area contributed by atoms with Gasteiger partial charge in [-0.15, -0.1) is 11.3 Å². The van der Waals surface area contributed by atoms with E-state index in [0.717, 1.165) is 30.7 Å². The van der Waals surface area contributed by atoms with Crippen molar-refractivity contribution in [2.45, 2.75) is 51.4 Å². The number of carbonyl (C=O) groups excluding carboxylic acids is 1. The fraction of sp³-hybridized carbons (Fsp3) is 0.438. The topological polar surface area (TPSA) is 127 Å². The Labute approximate surface area is 272 Å². The number of anilines is 1. The number of halogens is 3. The van der Waals surface area contributed by atoms with Gasteiger partial charge in [0.25, 0.3) is 0 Å². The fourth-order valence-corrected chi connectivity index (χ4v) is 8.25. The maximum Gasteiger partial charge on any atom is 0.320 e. The van der Waals surface area contributed by atoms with E-state index in [1.807, 2.05) is 20.0 Å². The number of nitrogens with two attached hydrogens (primary N) is 1. The summed E-state index contributed by atoms with van der Waals surface area (Å²) in [5, 5.41) is 10.2. The number of benzene rings is 2. The lowest BCUT2D eigenvalue weighted by Crippen LogP contribution is -2.38. The summed E-state index contributed by atoms with van der Waals surface area (Å²) in [6.07, 6.45) is 1.80. The third-order valence-corrected chi connectivity index (χ3v) is 10.8. The number of nitriles is 1. The number of likely N-dealkylation sites (tertiary alicyclic amines) is 2. The first kappa shape index (κ1) is 30.7.